The second-order valence-electron chi connectivity index (χ2n) is 3.54. The monoisotopic (exact) mass is 423 g/mol. The van der Waals surface area contributed by atoms with Gasteiger partial charge in [-0.25, -0.2) is 4.98 Å². The van der Waals surface area contributed by atoms with E-state index in [4.69, 9.17) is 16.3 Å². The number of rotatable bonds is 5. The molecule has 0 spiro atoms. The number of carbonyl (C=O) groups is 1. The molecule has 0 saturated carbocycles. The molecule has 0 amide bonds. The van der Waals surface area contributed by atoms with Gasteiger partial charge in [0.05, 0.1) is 16.6 Å². The maximum atomic E-state index is 12.2. The summed E-state index contributed by atoms with van der Waals surface area (Å²) in [5.74, 6) is -1.15. The van der Waals surface area contributed by atoms with Gasteiger partial charge >= 0.3 is 12.3 Å². The lowest BCUT2D eigenvalue weighted by Gasteiger charge is -2.14. The van der Waals surface area contributed by atoms with Crippen LogP contribution in [0.5, 0.6) is 5.88 Å². The first-order valence-corrected chi connectivity index (χ1v) is 7.03. The van der Waals surface area contributed by atoms with E-state index in [1.165, 1.54) is 0 Å². The number of hydrogen-bond acceptors (Lipinski definition) is 4. The smallest absolute Gasteiger partial charge is 0.466 e. The second-order valence-corrected chi connectivity index (χ2v) is 4.89. The first kappa shape index (κ1) is 17.3. The standard InChI is InChI=1S/C11H10ClF3INO3/c1-2-19-8(18)3-6-5-17-10(20-11(13,14)15)9(16)7(6)4-12/h5H,2-4H2,1H3. The Bertz CT molecular complexity index is 497. The zero-order valence-corrected chi connectivity index (χ0v) is 13.2. The minimum atomic E-state index is -4.83. The van der Waals surface area contributed by atoms with Gasteiger partial charge in [0.1, 0.15) is 0 Å². The predicted octanol–water partition coefficient (Wildman–Crippen LogP) is 3.43. The molecule has 1 aromatic rings. The highest BCUT2D eigenvalue weighted by Crippen LogP contribution is 2.30. The Hall–Kier alpha value is -0.770. The van der Waals surface area contributed by atoms with Crippen LogP contribution in [-0.2, 0) is 21.8 Å². The highest BCUT2D eigenvalue weighted by molar-refractivity contribution is 14.1. The Balaban J connectivity index is 3.05. The quantitative estimate of drug-likeness (QED) is 0.414. The molecule has 1 heterocycles. The van der Waals surface area contributed by atoms with Crippen molar-refractivity contribution < 1.29 is 27.4 Å². The zero-order valence-electron chi connectivity index (χ0n) is 10.3. The lowest BCUT2D eigenvalue weighted by atomic mass is 10.1. The summed E-state index contributed by atoms with van der Waals surface area (Å²) >= 11 is 7.37. The first-order chi connectivity index (χ1) is 9.28. The average Bonchev–Trinajstić information content (AvgIpc) is 2.32. The van der Waals surface area contributed by atoms with E-state index in [1.807, 2.05) is 0 Å². The van der Waals surface area contributed by atoms with Crippen molar-refractivity contribution in [3.05, 3.63) is 20.9 Å². The van der Waals surface area contributed by atoms with E-state index in [9.17, 15) is 18.0 Å². The van der Waals surface area contributed by atoms with Gasteiger partial charge in [-0.05, 0) is 40.6 Å². The van der Waals surface area contributed by atoms with E-state index in [0.717, 1.165) is 6.20 Å². The summed E-state index contributed by atoms with van der Waals surface area (Å²) in [5.41, 5.74) is 0.784. The number of esters is 1. The van der Waals surface area contributed by atoms with Gasteiger partial charge in [0, 0.05) is 12.1 Å². The van der Waals surface area contributed by atoms with Crippen LogP contribution in [0, 0.1) is 3.57 Å². The number of ether oxygens (including phenoxy) is 2. The molecule has 20 heavy (non-hydrogen) atoms. The lowest BCUT2D eigenvalue weighted by Crippen LogP contribution is -2.19. The predicted molar refractivity (Wildman–Crippen MR) is 73.5 cm³/mol. The zero-order chi connectivity index (χ0) is 15.3. The van der Waals surface area contributed by atoms with Gasteiger partial charge in [-0.2, -0.15) is 0 Å². The Morgan fingerprint density at radius 3 is 2.65 bits per heavy atom. The molecule has 0 bridgehead atoms. The number of nitrogens with zero attached hydrogens (tertiary/aromatic N) is 1. The van der Waals surface area contributed by atoms with Crippen LogP contribution in [0.15, 0.2) is 6.20 Å². The molecule has 112 valence electrons. The van der Waals surface area contributed by atoms with Crippen LogP contribution in [0.1, 0.15) is 18.1 Å². The molecule has 0 aliphatic rings. The van der Waals surface area contributed by atoms with Gasteiger partial charge in [-0.15, -0.1) is 24.8 Å². The molecule has 0 saturated heterocycles. The van der Waals surface area contributed by atoms with Crippen molar-refractivity contribution in [3.8, 4) is 5.88 Å². The minimum Gasteiger partial charge on any atom is -0.466 e. The summed E-state index contributed by atoms with van der Waals surface area (Å²) in [6.45, 7) is 1.87. The van der Waals surface area contributed by atoms with Gasteiger partial charge in [0.2, 0.25) is 5.88 Å². The van der Waals surface area contributed by atoms with Crippen molar-refractivity contribution in [2.75, 3.05) is 6.61 Å². The van der Waals surface area contributed by atoms with E-state index >= 15 is 0 Å². The molecular weight excluding hydrogens is 413 g/mol. The van der Waals surface area contributed by atoms with Gasteiger partial charge < -0.3 is 9.47 Å². The summed E-state index contributed by atoms with van der Waals surface area (Å²) < 4.78 is 45.3. The molecule has 0 aliphatic carbocycles. The highest BCUT2D eigenvalue weighted by Gasteiger charge is 2.33. The van der Waals surface area contributed by atoms with E-state index in [1.54, 1.807) is 29.5 Å². The van der Waals surface area contributed by atoms with Crippen LogP contribution in [0.25, 0.3) is 0 Å². The molecule has 0 aromatic carbocycles. The second kappa shape index (κ2) is 7.30. The normalized spacial score (nSPS) is 11.3. The van der Waals surface area contributed by atoms with E-state index in [2.05, 4.69) is 9.72 Å². The number of halogens is 5. The number of carbonyl (C=O) groups excluding carboxylic acids is 1. The largest absolute Gasteiger partial charge is 0.574 e. The third kappa shape index (κ3) is 4.97. The van der Waals surface area contributed by atoms with Crippen LogP contribution in [0.4, 0.5) is 13.2 Å². The molecule has 0 N–H and O–H groups in total. The van der Waals surface area contributed by atoms with Gasteiger partial charge in [0.25, 0.3) is 0 Å². The third-order valence-corrected chi connectivity index (χ3v) is 3.54. The molecule has 4 nitrogen and oxygen atoms in total. The van der Waals surface area contributed by atoms with Crippen molar-refractivity contribution in [1.29, 1.82) is 0 Å². The first-order valence-electron chi connectivity index (χ1n) is 5.42. The van der Waals surface area contributed by atoms with Crippen LogP contribution in [0.3, 0.4) is 0 Å². The fourth-order valence-electron chi connectivity index (χ4n) is 1.39. The van der Waals surface area contributed by atoms with Crippen LogP contribution < -0.4 is 4.74 Å². The number of aromatic nitrogens is 1. The maximum Gasteiger partial charge on any atom is 0.574 e. The van der Waals surface area contributed by atoms with Crippen LogP contribution >= 0.6 is 34.2 Å². The number of pyridine rings is 1. The number of hydrogen-bond donors (Lipinski definition) is 0. The molecule has 0 aliphatic heterocycles. The fraction of sp³-hybridized carbons (Fsp3) is 0.455. The van der Waals surface area contributed by atoms with Gasteiger partial charge in [-0.1, -0.05) is 0 Å². The highest BCUT2D eigenvalue weighted by atomic mass is 127. The molecule has 0 fully saturated rings. The third-order valence-electron chi connectivity index (χ3n) is 2.16. The summed E-state index contributed by atoms with van der Waals surface area (Å²) in [4.78, 5) is 15.0. The van der Waals surface area contributed by atoms with Gasteiger partial charge in [0.15, 0.2) is 0 Å². The summed E-state index contributed by atoms with van der Waals surface area (Å²) in [5, 5.41) is 0. The lowest BCUT2D eigenvalue weighted by molar-refractivity contribution is -0.276. The topological polar surface area (TPSA) is 48.4 Å². The molecule has 9 heteroatoms. The van der Waals surface area contributed by atoms with Crippen molar-refractivity contribution in [1.82, 2.24) is 4.98 Å². The van der Waals surface area contributed by atoms with E-state index in [0.29, 0.717) is 11.1 Å². The molecule has 1 aromatic heterocycles. The Morgan fingerprint density at radius 2 is 2.15 bits per heavy atom. The fourth-order valence-corrected chi connectivity index (χ4v) is 2.70. The average molecular weight is 424 g/mol. The van der Waals surface area contributed by atoms with Crippen molar-refractivity contribution in [2.45, 2.75) is 25.6 Å². The van der Waals surface area contributed by atoms with Crippen molar-refractivity contribution >= 4 is 40.2 Å². The SMILES string of the molecule is CCOC(=O)Cc1cnc(OC(F)(F)F)c(I)c1CCl. The summed E-state index contributed by atoms with van der Waals surface area (Å²) in [6, 6.07) is 0. The summed E-state index contributed by atoms with van der Waals surface area (Å²) in [6.07, 6.45) is -3.80. The summed E-state index contributed by atoms with van der Waals surface area (Å²) in [7, 11) is 0. The maximum absolute atomic E-state index is 12.2. The molecule has 0 unspecified atom stereocenters. The molecule has 0 radical (unpaired) electrons. The van der Waals surface area contributed by atoms with E-state index in [-0.39, 0.29) is 22.5 Å². The number of alkyl halides is 4. The molecular formula is C11H10ClF3INO3. The minimum absolute atomic E-state index is 0.0657. The Labute approximate surface area is 131 Å². The van der Waals surface area contributed by atoms with Crippen molar-refractivity contribution in [3.63, 3.8) is 0 Å². The molecule has 0 atom stereocenters. The Morgan fingerprint density at radius 1 is 1.50 bits per heavy atom. The van der Waals surface area contributed by atoms with Crippen molar-refractivity contribution in [2.24, 2.45) is 0 Å². The van der Waals surface area contributed by atoms with E-state index < -0.39 is 18.2 Å². The van der Waals surface area contributed by atoms with Crippen LogP contribution in [0.2, 0.25) is 0 Å². The van der Waals surface area contributed by atoms with Gasteiger partial charge in [-0.3, -0.25) is 4.79 Å². The molecule has 1 rings (SSSR count). The van der Waals surface area contributed by atoms with Crippen LogP contribution in [-0.4, -0.2) is 23.9 Å². The Kier molecular flexibility index (Phi) is 6.31.